The van der Waals surface area contributed by atoms with Gasteiger partial charge in [-0.3, -0.25) is 4.79 Å². The number of carbonyl (C=O) groups excluding carboxylic acids is 1. The van der Waals surface area contributed by atoms with E-state index in [9.17, 15) is 4.79 Å². The van der Waals surface area contributed by atoms with Gasteiger partial charge >= 0.3 is 0 Å². The topological polar surface area (TPSA) is 60.1 Å². The van der Waals surface area contributed by atoms with Gasteiger partial charge in [0.1, 0.15) is 0 Å². The molecule has 0 amide bonds. The molecule has 1 atom stereocenters. The highest BCUT2D eigenvalue weighted by atomic mass is 35.5. The number of aromatic nitrogens is 4. The van der Waals surface area contributed by atoms with E-state index in [0.29, 0.717) is 22.8 Å². The zero-order valence-electron chi connectivity index (χ0n) is 14.5. The molecule has 4 aromatic rings. The number of halogens is 1. The Kier molecular flexibility index (Phi) is 3.84. The van der Waals surface area contributed by atoms with Crippen molar-refractivity contribution in [3.05, 3.63) is 68.8 Å². The van der Waals surface area contributed by atoms with Crippen molar-refractivity contribution in [2.45, 2.75) is 25.7 Å². The number of thiophene rings is 1. The Balaban J connectivity index is 1.69. The van der Waals surface area contributed by atoms with E-state index in [4.69, 9.17) is 16.7 Å². The zero-order valence-corrected chi connectivity index (χ0v) is 16.1. The van der Waals surface area contributed by atoms with Crippen LogP contribution in [-0.4, -0.2) is 25.6 Å². The number of hydrogen-bond acceptors (Lipinski definition) is 5. The van der Waals surface area contributed by atoms with Crippen LogP contribution < -0.4 is 0 Å². The first-order chi connectivity index (χ1) is 13.1. The van der Waals surface area contributed by atoms with Gasteiger partial charge in [0.25, 0.3) is 0 Å². The van der Waals surface area contributed by atoms with Crippen molar-refractivity contribution in [1.29, 1.82) is 0 Å². The first kappa shape index (κ1) is 16.6. The minimum atomic E-state index is 0.0326. The maximum atomic E-state index is 12.7. The zero-order chi connectivity index (χ0) is 18.5. The van der Waals surface area contributed by atoms with Crippen molar-refractivity contribution >= 4 is 34.4 Å². The van der Waals surface area contributed by atoms with Gasteiger partial charge in [0, 0.05) is 28.7 Å². The molecule has 7 heteroatoms. The lowest BCUT2D eigenvalue weighted by Crippen LogP contribution is -2.23. The first-order valence-corrected chi connectivity index (χ1v) is 9.95. The molecule has 3 heterocycles. The van der Waals surface area contributed by atoms with E-state index in [2.05, 4.69) is 16.3 Å². The quantitative estimate of drug-likeness (QED) is 0.493. The summed E-state index contributed by atoms with van der Waals surface area (Å²) in [5.74, 6) is 0.200. The predicted molar refractivity (Wildman–Crippen MR) is 106 cm³/mol. The Hall–Kier alpha value is -2.57. The summed E-state index contributed by atoms with van der Waals surface area (Å²) in [5, 5.41) is 16.1. The Morgan fingerprint density at radius 1 is 1.15 bits per heavy atom. The lowest BCUT2D eigenvalue weighted by Gasteiger charge is -2.21. The molecule has 0 radical (unpaired) electrons. The standard InChI is InChI=1S/C20H15ClN4OS/c1-11-18(12-4-6-14(21)7-5-12)20-23-22-19-15(25(20)24-11)9-13(10-16(19)26)17-3-2-8-27-17/h2-8,13H,9-10H2,1H3/t13-/m0/s1. The largest absolute Gasteiger partial charge is 0.292 e. The molecule has 0 aliphatic heterocycles. The van der Waals surface area contributed by atoms with E-state index in [1.54, 1.807) is 15.9 Å². The molecular formula is C20H15ClN4OS. The number of fused-ring (bicyclic) bond motifs is 3. The molecule has 5 rings (SSSR count). The summed E-state index contributed by atoms with van der Waals surface area (Å²) in [6, 6.07) is 11.7. The van der Waals surface area contributed by atoms with Crippen molar-refractivity contribution in [2.24, 2.45) is 0 Å². The van der Waals surface area contributed by atoms with Gasteiger partial charge in [-0.25, -0.2) is 4.52 Å². The van der Waals surface area contributed by atoms with E-state index in [-0.39, 0.29) is 11.7 Å². The molecule has 0 spiro atoms. The Labute approximate surface area is 164 Å². The van der Waals surface area contributed by atoms with Crippen LogP contribution in [0.4, 0.5) is 0 Å². The Morgan fingerprint density at radius 2 is 1.96 bits per heavy atom. The van der Waals surface area contributed by atoms with Crippen LogP contribution in [0.25, 0.3) is 16.8 Å². The van der Waals surface area contributed by atoms with Crippen molar-refractivity contribution in [3.63, 3.8) is 0 Å². The summed E-state index contributed by atoms with van der Waals surface area (Å²) >= 11 is 7.71. The minimum Gasteiger partial charge on any atom is -0.292 e. The number of Topliss-reactive ketones (excluding diaryl/α,β-unsaturated/α-hetero) is 1. The number of rotatable bonds is 2. The van der Waals surface area contributed by atoms with Crippen LogP contribution in [-0.2, 0) is 6.42 Å². The molecule has 3 aromatic heterocycles. The third-order valence-corrected chi connectivity index (χ3v) is 6.31. The van der Waals surface area contributed by atoms with E-state index < -0.39 is 0 Å². The molecule has 0 N–H and O–H groups in total. The van der Waals surface area contributed by atoms with Crippen LogP contribution in [0.5, 0.6) is 0 Å². The molecule has 1 aliphatic rings. The SMILES string of the molecule is Cc1nn2c3c(nnc2c1-c1ccc(Cl)cc1)C(=O)C[C@@H](c1cccs1)C3. The number of carbonyl (C=O) groups is 1. The number of nitrogens with zero attached hydrogens (tertiary/aromatic N) is 4. The van der Waals surface area contributed by atoms with Gasteiger partial charge in [-0.05, 0) is 36.1 Å². The van der Waals surface area contributed by atoms with Gasteiger partial charge < -0.3 is 0 Å². The average molecular weight is 395 g/mol. The van der Waals surface area contributed by atoms with Crippen molar-refractivity contribution in [3.8, 4) is 11.1 Å². The third kappa shape index (κ3) is 2.67. The Morgan fingerprint density at radius 3 is 2.70 bits per heavy atom. The summed E-state index contributed by atoms with van der Waals surface area (Å²) in [7, 11) is 0. The predicted octanol–water partition coefficient (Wildman–Crippen LogP) is 4.73. The summed E-state index contributed by atoms with van der Waals surface area (Å²) < 4.78 is 1.80. The molecule has 0 bridgehead atoms. The highest BCUT2D eigenvalue weighted by molar-refractivity contribution is 7.10. The van der Waals surface area contributed by atoms with Gasteiger partial charge in [-0.2, -0.15) is 5.10 Å². The van der Waals surface area contributed by atoms with E-state index in [0.717, 1.165) is 28.9 Å². The second-order valence-electron chi connectivity index (χ2n) is 6.74. The van der Waals surface area contributed by atoms with Gasteiger partial charge in [-0.1, -0.05) is 29.8 Å². The third-order valence-electron chi connectivity index (χ3n) is 5.02. The fourth-order valence-corrected chi connectivity index (χ4v) is 4.71. The normalized spacial score (nSPS) is 16.7. The first-order valence-electron chi connectivity index (χ1n) is 8.69. The molecular weight excluding hydrogens is 380 g/mol. The van der Waals surface area contributed by atoms with Gasteiger partial charge in [0.15, 0.2) is 17.1 Å². The molecule has 27 heavy (non-hydrogen) atoms. The number of ketones is 1. The highest BCUT2D eigenvalue weighted by Crippen LogP contribution is 2.36. The van der Waals surface area contributed by atoms with Crippen LogP contribution >= 0.6 is 22.9 Å². The maximum Gasteiger partial charge on any atom is 0.185 e. The molecule has 134 valence electrons. The maximum absolute atomic E-state index is 12.7. The molecule has 5 nitrogen and oxygen atoms in total. The van der Waals surface area contributed by atoms with Gasteiger partial charge in [0.2, 0.25) is 0 Å². The molecule has 0 unspecified atom stereocenters. The van der Waals surface area contributed by atoms with Crippen molar-refractivity contribution in [2.75, 3.05) is 0 Å². The molecule has 1 aliphatic carbocycles. The minimum absolute atomic E-state index is 0.0326. The van der Waals surface area contributed by atoms with Crippen LogP contribution in [0, 0.1) is 6.92 Å². The van der Waals surface area contributed by atoms with Gasteiger partial charge in [0.05, 0.1) is 17.0 Å². The second kappa shape index (κ2) is 6.25. The van der Waals surface area contributed by atoms with Crippen molar-refractivity contribution < 1.29 is 4.79 Å². The van der Waals surface area contributed by atoms with Crippen molar-refractivity contribution in [1.82, 2.24) is 19.8 Å². The second-order valence-corrected chi connectivity index (χ2v) is 8.16. The molecule has 0 saturated heterocycles. The summed E-state index contributed by atoms with van der Waals surface area (Å²) in [5.41, 5.74) is 4.73. The fraction of sp³-hybridized carbons (Fsp3) is 0.200. The number of aryl methyl sites for hydroxylation is 1. The number of hydrogen-bond donors (Lipinski definition) is 0. The van der Waals surface area contributed by atoms with E-state index >= 15 is 0 Å². The fourth-order valence-electron chi connectivity index (χ4n) is 3.76. The van der Waals surface area contributed by atoms with Crippen LogP contribution in [0.1, 0.15) is 39.1 Å². The lowest BCUT2D eigenvalue weighted by atomic mass is 9.87. The van der Waals surface area contributed by atoms with Gasteiger partial charge in [-0.15, -0.1) is 21.5 Å². The van der Waals surface area contributed by atoms with E-state index in [1.807, 2.05) is 42.6 Å². The molecule has 0 saturated carbocycles. The Bertz CT molecular complexity index is 1170. The monoisotopic (exact) mass is 394 g/mol. The number of benzene rings is 1. The van der Waals surface area contributed by atoms with Crippen LogP contribution in [0.15, 0.2) is 41.8 Å². The average Bonchev–Trinajstić information content (AvgIpc) is 3.30. The van der Waals surface area contributed by atoms with E-state index in [1.165, 1.54) is 4.88 Å². The van der Waals surface area contributed by atoms with Crippen LogP contribution in [0.3, 0.4) is 0 Å². The summed E-state index contributed by atoms with van der Waals surface area (Å²) in [4.78, 5) is 13.9. The molecule has 0 fully saturated rings. The summed E-state index contributed by atoms with van der Waals surface area (Å²) in [6.07, 6.45) is 1.20. The smallest absolute Gasteiger partial charge is 0.185 e. The highest BCUT2D eigenvalue weighted by Gasteiger charge is 2.31. The lowest BCUT2D eigenvalue weighted by molar-refractivity contribution is 0.0956. The summed E-state index contributed by atoms with van der Waals surface area (Å²) in [6.45, 7) is 1.95. The molecule has 1 aromatic carbocycles. The van der Waals surface area contributed by atoms with Crippen LogP contribution in [0.2, 0.25) is 5.02 Å².